The van der Waals surface area contributed by atoms with Crippen LogP contribution in [0.15, 0.2) is 22.9 Å². The van der Waals surface area contributed by atoms with Gasteiger partial charge in [0.15, 0.2) is 5.82 Å². The molecule has 0 aliphatic rings. The van der Waals surface area contributed by atoms with Crippen molar-refractivity contribution in [3.63, 3.8) is 0 Å². The van der Waals surface area contributed by atoms with E-state index in [1.54, 1.807) is 13.0 Å². The maximum atomic E-state index is 11.2. The van der Waals surface area contributed by atoms with Gasteiger partial charge in [-0.25, -0.2) is 4.98 Å². The molecule has 1 aromatic carbocycles. The van der Waals surface area contributed by atoms with E-state index in [1.807, 2.05) is 0 Å². The summed E-state index contributed by atoms with van der Waals surface area (Å²) >= 11 is 3.21. The van der Waals surface area contributed by atoms with Crippen molar-refractivity contribution < 1.29 is 14.4 Å². The summed E-state index contributed by atoms with van der Waals surface area (Å²) < 4.78 is 11.2. The highest BCUT2D eigenvalue weighted by molar-refractivity contribution is 9.10. The number of methoxy groups -OCH3 is 1. The normalized spacial score (nSPS) is 10.2. The molecule has 1 heterocycles. The molecule has 0 radical (unpaired) electrons. The van der Waals surface area contributed by atoms with Crippen LogP contribution in [0.3, 0.4) is 0 Å². The zero-order chi connectivity index (χ0) is 15.6. The summed E-state index contributed by atoms with van der Waals surface area (Å²) in [7, 11) is 1.38. The highest BCUT2D eigenvalue weighted by atomic mass is 79.9. The lowest BCUT2D eigenvalue weighted by Gasteiger charge is -2.12. The molecule has 110 valence electrons. The van der Waals surface area contributed by atoms with Crippen molar-refractivity contribution in [2.45, 2.75) is 6.92 Å². The number of hydrogen-bond donors (Lipinski definition) is 1. The summed E-state index contributed by atoms with van der Waals surface area (Å²) in [6.07, 6.45) is 1.19. The second kappa shape index (κ2) is 5.92. The fourth-order valence-corrected chi connectivity index (χ4v) is 2.27. The van der Waals surface area contributed by atoms with Crippen molar-refractivity contribution in [1.82, 2.24) is 9.97 Å². The summed E-state index contributed by atoms with van der Waals surface area (Å²) in [6, 6.07) is 3.04. The van der Waals surface area contributed by atoms with Gasteiger partial charge in [-0.05, 0) is 13.0 Å². The van der Waals surface area contributed by atoms with Crippen molar-refractivity contribution in [2.75, 3.05) is 12.8 Å². The number of nitrogen functional groups attached to an aromatic ring is 1. The molecule has 0 saturated heterocycles. The lowest BCUT2D eigenvalue weighted by Crippen LogP contribution is -2.02. The zero-order valence-electron chi connectivity index (χ0n) is 11.2. The number of nitrogens with two attached hydrogens (primary N) is 1. The molecule has 0 aliphatic carbocycles. The minimum atomic E-state index is -0.538. The number of aryl methyl sites for hydroxylation is 1. The lowest BCUT2D eigenvalue weighted by atomic mass is 10.2. The van der Waals surface area contributed by atoms with Crippen molar-refractivity contribution in [3.8, 4) is 17.4 Å². The Hall–Kier alpha value is -2.42. The summed E-state index contributed by atoms with van der Waals surface area (Å²) in [5, 5.41) is 11.2. The van der Waals surface area contributed by atoms with Crippen molar-refractivity contribution in [3.05, 3.63) is 38.6 Å². The Kier molecular flexibility index (Phi) is 4.22. The van der Waals surface area contributed by atoms with Gasteiger partial charge in [-0.1, -0.05) is 15.9 Å². The predicted octanol–water partition coefficient (Wildman–Crippen LogP) is 2.84. The van der Waals surface area contributed by atoms with Crippen LogP contribution in [0.25, 0.3) is 0 Å². The average molecular weight is 355 g/mol. The van der Waals surface area contributed by atoms with Crippen LogP contribution in [0.4, 0.5) is 11.5 Å². The number of nitro groups is 1. The van der Waals surface area contributed by atoms with E-state index in [2.05, 4.69) is 25.9 Å². The number of ether oxygens (including phenoxy) is 2. The highest BCUT2D eigenvalue weighted by Crippen LogP contribution is 2.40. The van der Waals surface area contributed by atoms with Crippen LogP contribution < -0.4 is 15.2 Å². The standard InChI is InChI=1S/C12H11BrN4O4/c1-6-3-7(13)4-8(17(18)19)9(6)21-12-10(20-2)11(14)15-5-16-12/h3-5H,1-2H3,(H2,14,15,16). The van der Waals surface area contributed by atoms with Gasteiger partial charge in [-0.15, -0.1) is 0 Å². The van der Waals surface area contributed by atoms with Gasteiger partial charge < -0.3 is 15.2 Å². The Labute approximate surface area is 128 Å². The van der Waals surface area contributed by atoms with Crippen LogP contribution in [0.5, 0.6) is 17.4 Å². The molecule has 0 aliphatic heterocycles. The van der Waals surface area contributed by atoms with Gasteiger partial charge in [0.05, 0.1) is 12.0 Å². The number of hydrogen-bond acceptors (Lipinski definition) is 7. The first-order chi connectivity index (χ1) is 9.93. The second-order valence-corrected chi connectivity index (χ2v) is 4.94. The fourth-order valence-electron chi connectivity index (χ4n) is 1.71. The van der Waals surface area contributed by atoms with E-state index < -0.39 is 4.92 Å². The summed E-state index contributed by atoms with van der Waals surface area (Å²) in [5.41, 5.74) is 6.02. The molecule has 0 fully saturated rings. The highest BCUT2D eigenvalue weighted by Gasteiger charge is 2.22. The Morgan fingerprint density at radius 2 is 2.05 bits per heavy atom. The molecule has 0 atom stereocenters. The molecule has 0 unspecified atom stereocenters. The smallest absolute Gasteiger partial charge is 0.313 e. The molecule has 0 saturated carbocycles. The summed E-state index contributed by atoms with van der Waals surface area (Å²) in [6.45, 7) is 1.68. The van der Waals surface area contributed by atoms with E-state index in [-0.39, 0.29) is 28.9 Å². The number of nitro benzene ring substituents is 1. The van der Waals surface area contributed by atoms with E-state index in [0.29, 0.717) is 10.0 Å². The minimum absolute atomic E-state index is 0.0125. The number of nitrogens with zero attached hydrogens (tertiary/aromatic N) is 3. The Morgan fingerprint density at radius 3 is 2.67 bits per heavy atom. The maximum absolute atomic E-state index is 11.2. The predicted molar refractivity (Wildman–Crippen MR) is 78.6 cm³/mol. The average Bonchev–Trinajstić information content (AvgIpc) is 2.41. The zero-order valence-corrected chi connectivity index (χ0v) is 12.7. The minimum Gasteiger partial charge on any atom is -0.489 e. The fraction of sp³-hybridized carbons (Fsp3) is 0.167. The Bertz CT molecular complexity index is 708. The van der Waals surface area contributed by atoms with Crippen LogP contribution in [-0.2, 0) is 0 Å². The number of halogens is 1. The summed E-state index contributed by atoms with van der Waals surface area (Å²) in [5.74, 6) is 0.284. The molecule has 8 nitrogen and oxygen atoms in total. The van der Waals surface area contributed by atoms with Crippen molar-refractivity contribution in [2.24, 2.45) is 0 Å². The van der Waals surface area contributed by atoms with Crippen molar-refractivity contribution in [1.29, 1.82) is 0 Å². The first-order valence-corrected chi connectivity index (χ1v) is 6.50. The molecule has 2 aromatic rings. The molecule has 0 spiro atoms. The topological polar surface area (TPSA) is 113 Å². The van der Waals surface area contributed by atoms with Gasteiger partial charge in [0.2, 0.25) is 11.5 Å². The number of benzene rings is 1. The monoisotopic (exact) mass is 354 g/mol. The van der Waals surface area contributed by atoms with E-state index in [4.69, 9.17) is 15.2 Å². The first-order valence-electron chi connectivity index (χ1n) is 5.71. The molecule has 2 rings (SSSR count). The molecule has 0 amide bonds. The van der Waals surface area contributed by atoms with Gasteiger partial charge in [-0.3, -0.25) is 10.1 Å². The molecule has 21 heavy (non-hydrogen) atoms. The Morgan fingerprint density at radius 1 is 1.33 bits per heavy atom. The molecule has 1 aromatic heterocycles. The first kappa shape index (κ1) is 15.0. The van der Waals surface area contributed by atoms with Gasteiger partial charge in [0.25, 0.3) is 5.88 Å². The third-order valence-corrected chi connectivity index (χ3v) is 3.08. The van der Waals surface area contributed by atoms with Crippen LogP contribution in [0.2, 0.25) is 0 Å². The third-order valence-electron chi connectivity index (χ3n) is 2.62. The molecular weight excluding hydrogens is 344 g/mol. The largest absolute Gasteiger partial charge is 0.489 e. The molecule has 2 N–H and O–H groups in total. The van der Waals surface area contributed by atoms with Crippen LogP contribution in [0, 0.1) is 17.0 Å². The van der Waals surface area contributed by atoms with E-state index in [1.165, 1.54) is 19.5 Å². The molecular formula is C12H11BrN4O4. The third kappa shape index (κ3) is 3.02. The van der Waals surface area contributed by atoms with Gasteiger partial charge in [0, 0.05) is 16.1 Å². The van der Waals surface area contributed by atoms with E-state index in [9.17, 15) is 10.1 Å². The lowest BCUT2D eigenvalue weighted by molar-refractivity contribution is -0.385. The van der Waals surface area contributed by atoms with E-state index in [0.717, 1.165) is 0 Å². The van der Waals surface area contributed by atoms with Crippen LogP contribution in [0.1, 0.15) is 5.56 Å². The number of aromatic nitrogens is 2. The Balaban J connectivity index is 2.54. The van der Waals surface area contributed by atoms with Gasteiger partial charge in [0.1, 0.15) is 6.33 Å². The van der Waals surface area contributed by atoms with Crippen LogP contribution in [-0.4, -0.2) is 22.0 Å². The summed E-state index contributed by atoms with van der Waals surface area (Å²) in [4.78, 5) is 18.3. The quantitative estimate of drug-likeness (QED) is 0.663. The van der Waals surface area contributed by atoms with Gasteiger partial charge in [-0.2, -0.15) is 4.98 Å². The second-order valence-electron chi connectivity index (χ2n) is 4.03. The van der Waals surface area contributed by atoms with E-state index >= 15 is 0 Å². The maximum Gasteiger partial charge on any atom is 0.313 e. The molecule has 9 heteroatoms. The SMILES string of the molecule is COc1c(N)ncnc1Oc1c(C)cc(Br)cc1[N+](=O)[O-]. The number of rotatable bonds is 4. The van der Waals surface area contributed by atoms with Crippen molar-refractivity contribution >= 4 is 27.4 Å². The van der Waals surface area contributed by atoms with Crippen LogP contribution >= 0.6 is 15.9 Å². The molecule has 0 bridgehead atoms. The van der Waals surface area contributed by atoms with Gasteiger partial charge >= 0.3 is 5.69 Å². The number of anilines is 1.